The molecule has 2 amide bonds. The van der Waals surface area contributed by atoms with Gasteiger partial charge in [0.2, 0.25) is 0 Å². The molecule has 0 spiro atoms. The van der Waals surface area contributed by atoms with Gasteiger partial charge in [0.15, 0.2) is 0 Å². The molecule has 1 aliphatic rings. The van der Waals surface area contributed by atoms with Gasteiger partial charge in [0, 0.05) is 40.7 Å². The zero-order chi connectivity index (χ0) is 21.3. The minimum absolute atomic E-state index is 0.0262. The van der Waals surface area contributed by atoms with Crippen molar-refractivity contribution in [2.24, 2.45) is 5.73 Å². The van der Waals surface area contributed by atoms with Gasteiger partial charge in [-0.25, -0.2) is 23.6 Å². The Labute approximate surface area is 175 Å². The van der Waals surface area contributed by atoms with Gasteiger partial charge in [-0.05, 0) is 23.8 Å². The van der Waals surface area contributed by atoms with Crippen molar-refractivity contribution in [3.63, 3.8) is 0 Å². The maximum absolute atomic E-state index is 12.7. The number of hydrogen-bond acceptors (Lipinski definition) is 6. The van der Waals surface area contributed by atoms with Gasteiger partial charge >= 0.3 is 11.7 Å². The lowest BCUT2D eigenvalue weighted by molar-refractivity contribution is 0.218. The molecule has 0 atom stereocenters. The maximum atomic E-state index is 12.7. The second-order valence-corrected chi connectivity index (χ2v) is 8.12. The van der Waals surface area contributed by atoms with Gasteiger partial charge in [-0.1, -0.05) is 0 Å². The van der Waals surface area contributed by atoms with E-state index in [0.717, 1.165) is 20.9 Å². The van der Waals surface area contributed by atoms with E-state index in [1.165, 1.54) is 15.6 Å². The lowest BCUT2D eigenvalue weighted by Gasteiger charge is -2.25. The Balaban J connectivity index is 1.52. The zero-order valence-electron chi connectivity index (χ0n) is 16.2. The smallest absolute Gasteiger partial charge is 0.327 e. The molecule has 1 aliphatic heterocycles. The molecule has 9 nitrogen and oxygen atoms in total. The highest BCUT2D eigenvalue weighted by molar-refractivity contribution is 7.15. The molecule has 0 saturated carbocycles. The van der Waals surface area contributed by atoms with E-state index in [9.17, 15) is 14.0 Å². The van der Waals surface area contributed by atoms with Crippen molar-refractivity contribution >= 4 is 23.2 Å². The van der Waals surface area contributed by atoms with Crippen LogP contribution >= 0.6 is 11.3 Å². The number of rotatable bonds is 6. The Morgan fingerprint density at radius 2 is 2.23 bits per heavy atom. The molecule has 156 valence electrons. The minimum Gasteiger partial charge on any atom is -0.327 e. The number of nitrogens with two attached hydrogens (primary N) is 1. The second kappa shape index (κ2) is 8.20. The Morgan fingerprint density at radius 1 is 1.40 bits per heavy atom. The lowest BCUT2D eigenvalue weighted by Crippen LogP contribution is -2.35. The monoisotopic (exact) mass is 429 g/mol. The predicted octanol–water partition coefficient (Wildman–Crippen LogP) is 2.01. The Kier molecular flexibility index (Phi) is 5.46. The number of aromatic nitrogens is 4. The van der Waals surface area contributed by atoms with Crippen molar-refractivity contribution in [3.05, 3.63) is 63.6 Å². The molecule has 4 heterocycles. The van der Waals surface area contributed by atoms with Crippen LogP contribution in [0.15, 0.2) is 47.4 Å². The molecule has 3 aromatic heterocycles. The number of pyridine rings is 1. The Hall–Kier alpha value is -3.31. The molecule has 0 unspecified atom stereocenters. The normalized spacial score (nSPS) is 14.0. The van der Waals surface area contributed by atoms with Crippen LogP contribution in [0.3, 0.4) is 0 Å². The third-order valence-corrected chi connectivity index (χ3v) is 5.90. The predicted molar refractivity (Wildman–Crippen MR) is 112 cm³/mol. The van der Waals surface area contributed by atoms with E-state index in [4.69, 9.17) is 5.73 Å². The van der Waals surface area contributed by atoms with E-state index >= 15 is 0 Å². The van der Waals surface area contributed by atoms with Crippen LogP contribution in [0.5, 0.6) is 0 Å². The van der Waals surface area contributed by atoms with Gasteiger partial charge in [-0.3, -0.25) is 9.88 Å². The summed E-state index contributed by atoms with van der Waals surface area (Å²) in [4.78, 5) is 32.1. The molecular formula is C19H20FN7O2S. The van der Waals surface area contributed by atoms with E-state index < -0.39 is 0 Å². The zero-order valence-corrected chi connectivity index (χ0v) is 17.0. The van der Waals surface area contributed by atoms with Crippen LogP contribution in [-0.2, 0) is 19.6 Å². The number of carbonyl (C=O) groups is 1. The quantitative estimate of drug-likeness (QED) is 0.623. The van der Waals surface area contributed by atoms with Crippen molar-refractivity contribution in [1.29, 1.82) is 0 Å². The first-order valence-corrected chi connectivity index (χ1v) is 10.0. The standard InChI is InChI=1S/C19H20FN7O2S/c1-25-9-14-4-13(7-22-17(14)24-18(25)28)16-3-2-15(30-16)10-26-11-23-27(19(26)29)8-12(5-20)6-21/h2-5,7,11H,6,8-10,21H2,1H3,(H,22,24,28)/b12-5+. The van der Waals surface area contributed by atoms with Crippen LogP contribution in [0.1, 0.15) is 10.4 Å². The summed E-state index contributed by atoms with van der Waals surface area (Å²) < 4.78 is 15.4. The van der Waals surface area contributed by atoms with Crippen molar-refractivity contribution in [2.75, 3.05) is 18.9 Å². The summed E-state index contributed by atoms with van der Waals surface area (Å²) in [5.41, 5.74) is 7.29. The second-order valence-electron chi connectivity index (χ2n) is 6.95. The van der Waals surface area contributed by atoms with Crippen LogP contribution in [0.4, 0.5) is 15.0 Å². The Morgan fingerprint density at radius 3 is 3.00 bits per heavy atom. The summed E-state index contributed by atoms with van der Waals surface area (Å²) >= 11 is 1.54. The third kappa shape index (κ3) is 3.89. The molecule has 30 heavy (non-hydrogen) atoms. The third-order valence-electron chi connectivity index (χ3n) is 4.78. The highest BCUT2D eigenvalue weighted by Gasteiger charge is 2.21. The summed E-state index contributed by atoms with van der Waals surface area (Å²) in [5.74, 6) is 0.580. The van der Waals surface area contributed by atoms with Gasteiger partial charge in [0.1, 0.15) is 12.1 Å². The Bertz CT molecular complexity index is 1180. The summed E-state index contributed by atoms with van der Waals surface area (Å²) in [5, 5.41) is 6.79. The number of thiophene rings is 1. The van der Waals surface area contributed by atoms with E-state index in [0.29, 0.717) is 30.8 Å². The summed E-state index contributed by atoms with van der Waals surface area (Å²) in [7, 11) is 1.73. The molecule has 0 fully saturated rings. The van der Waals surface area contributed by atoms with E-state index in [-0.39, 0.29) is 24.8 Å². The molecule has 3 aromatic rings. The number of nitrogens with zero attached hydrogens (tertiary/aromatic N) is 5. The first kappa shape index (κ1) is 20.0. The maximum Gasteiger partial charge on any atom is 0.346 e. The number of anilines is 1. The molecule has 4 rings (SSSR count). The van der Waals surface area contributed by atoms with E-state index in [1.807, 2.05) is 18.2 Å². The number of fused-ring (bicyclic) bond motifs is 1. The van der Waals surface area contributed by atoms with Crippen LogP contribution in [0.25, 0.3) is 10.4 Å². The SMILES string of the molecule is CN1Cc2cc(-c3ccc(Cn4cnn(C/C(=C/F)CN)c4=O)s3)cnc2NC1=O. The van der Waals surface area contributed by atoms with Crippen molar-refractivity contribution < 1.29 is 9.18 Å². The molecule has 0 aliphatic carbocycles. The molecule has 0 aromatic carbocycles. The molecule has 0 bridgehead atoms. The number of hydrogen-bond donors (Lipinski definition) is 2. The summed E-state index contributed by atoms with van der Waals surface area (Å²) in [6.07, 6.45) is 3.57. The minimum atomic E-state index is -0.327. The van der Waals surface area contributed by atoms with E-state index in [2.05, 4.69) is 15.4 Å². The number of amides is 2. The van der Waals surface area contributed by atoms with Gasteiger partial charge in [-0.2, -0.15) is 5.10 Å². The van der Waals surface area contributed by atoms with Gasteiger partial charge < -0.3 is 10.6 Å². The first-order chi connectivity index (χ1) is 14.5. The highest BCUT2D eigenvalue weighted by atomic mass is 32.1. The summed E-state index contributed by atoms with van der Waals surface area (Å²) in [6, 6.07) is 5.76. The number of nitrogens with one attached hydrogen (secondary N) is 1. The molecule has 0 saturated heterocycles. The fraction of sp³-hybridized carbons (Fsp3) is 0.263. The molecule has 11 heteroatoms. The number of halogens is 1. The van der Waals surface area contributed by atoms with Gasteiger partial charge in [0.25, 0.3) is 0 Å². The first-order valence-electron chi connectivity index (χ1n) is 9.19. The average Bonchev–Trinajstić information content (AvgIpc) is 3.34. The lowest BCUT2D eigenvalue weighted by atomic mass is 10.1. The largest absolute Gasteiger partial charge is 0.346 e. The van der Waals surface area contributed by atoms with Crippen LogP contribution in [0, 0.1) is 0 Å². The van der Waals surface area contributed by atoms with Crippen LogP contribution in [0.2, 0.25) is 0 Å². The molecule has 0 radical (unpaired) electrons. The topological polar surface area (TPSA) is 111 Å². The number of carbonyl (C=O) groups excluding carboxylic acids is 1. The fourth-order valence-corrected chi connectivity index (χ4v) is 4.10. The number of urea groups is 1. The molecular weight excluding hydrogens is 409 g/mol. The van der Waals surface area contributed by atoms with Gasteiger partial charge in [-0.15, -0.1) is 11.3 Å². The van der Waals surface area contributed by atoms with Crippen molar-refractivity contribution in [1.82, 2.24) is 24.2 Å². The van der Waals surface area contributed by atoms with Gasteiger partial charge in [0.05, 0.1) is 26.0 Å². The van der Waals surface area contributed by atoms with Crippen LogP contribution in [-0.4, -0.2) is 43.9 Å². The fourth-order valence-electron chi connectivity index (χ4n) is 3.11. The molecule has 3 N–H and O–H groups in total. The average molecular weight is 429 g/mol. The summed E-state index contributed by atoms with van der Waals surface area (Å²) in [6.45, 7) is 0.906. The van der Waals surface area contributed by atoms with Crippen molar-refractivity contribution in [2.45, 2.75) is 19.6 Å². The highest BCUT2D eigenvalue weighted by Crippen LogP contribution is 2.31. The van der Waals surface area contributed by atoms with Crippen LogP contribution < -0.4 is 16.7 Å². The van der Waals surface area contributed by atoms with Crippen molar-refractivity contribution in [3.8, 4) is 10.4 Å². The van der Waals surface area contributed by atoms with E-state index in [1.54, 1.807) is 29.5 Å².